The van der Waals surface area contributed by atoms with Crippen molar-refractivity contribution in [1.82, 2.24) is 10.3 Å². The van der Waals surface area contributed by atoms with Crippen LogP contribution in [0.4, 0.5) is 5.69 Å². The number of anilines is 1. The lowest BCUT2D eigenvalue weighted by Crippen LogP contribution is -2.28. The molecule has 0 fully saturated rings. The summed E-state index contributed by atoms with van der Waals surface area (Å²) in [5.74, 6) is -0.0324. The normalized spacial score (nSPS) is 12.2. The fraction of sp³-hybridized carbons (Fsp3) is 0.455. The number of aryl methyl sites for hydroxylation is 1. The van der Waals surface area contributed by atoms with E-state index in [1.807, 2.05) is 33.0 Å². The van der Waals surface area contributed by atoms with Crippen molar-refractivity contribution in [1.29, 1.82) is 0 Å². The SMILES string of the molecule is CNCC(C)C(=O)Nc1cccnc1C. The molecule has 0 saturated heterocycles. The van der Waals surface area contributed by atoms with Gasteiger partial charge in [0.05, 0.1) is 11.4 Å². The van der Waals surface area contributed by atoms with E-state index in [1.165, 1.54) is 0 Å². The van der Waals surface area contributed by atoms with Crippen molar-refractivity contribution < 1.29 is 4.79 Å². The summed E-state index contributed by atoms with van der Waals surface area (Å²) in [6, 6.07) is 3.66. The Balaban J connectivity index is 2.62. The maximum Gasteiger partial charge on any atom is 0.228 e. The largest absolute Gasteiger partial charge is 0.324 e. The van der Waals surface area contributed by atoms with Crippen LogP contribution in [0.5, 0.6) is 0 Å². The van der Waals surface area contributed by atoms with Crippen LogP contribution in [0.1, 0.15) is 12.6 Å². The van der Waals surface area contributed by atoms with Gasteiger partial charge in [0.15, 0.2) is 0 Å². The average molecular weight is 207 g/mol. The van der Waals surface area contributed by atoms with Crippen LogP contribution in [0, 0.1) is 12.8 Å². The fourth-order valence-electron chi connectivity index (χ4n) is 1.27. The van der Waals surface area contributed by atoms with Gasteiger partial charge in [-0.25, -0.2) is 0 Å². The molecule has 1 atom stereocenters. The lowest BCUT2D eigenvalue weighted by Gasteiger charge is -2.12. The molecule has 1 aromatic rings. The number of carbonyl (C=O) groups excluding carboxylic acids is 1. The van der Waals surface area contributed by atoms with E-state index in [0.717, 1.165) is 11.4 Å². The minimum Gasteiger partial charge on any atom is -0.324 e. The van der Waals surface area contributed by atoms with Gasteiger partial charge < -0.3 is 10.6 Å². The highest BCUT2D eigenvalue weighted by Crippen LogP contribution is 2.11. The number of carbonyl (C=O) groups is 1. The Kier molecular flexibility index (Phi) is 4.24. The molecule has 15 heavy (non-hydrogen) atoms. The van der Waals surface area contributed by atoms with Crippen molar-refractivity contribution in [2.75, 3.05) is 18.9 Å². The highest BCUT2D eigenvalue weighted by Gasteiger charge is 2.12. The minimum absolute atomic E-state index is 0.0143. The zero-order valence-electron chi connectivity index (χ0n) is 9.37. The molecular formula is C11H17N3O. The molecule has 0 aromatic carbocycles. The summed E-state index contributed by atoms with van der Waals surface area (Å²) in [7, 11) is 1.83. The molecule has 0 aliphatic carbocycles. The Morgan fingerprint density at radius 2 is 2.33 bits per heavy atom. The second kappa shape index (κ2) is 5.46. The Morgan fingerprint density at radius 1 is 1.60 bits per heavy atom. The van der Waals surface area contributed by atoms with Gasteiger partial charge in [-0.15, -0.1) is 0 Å². The standard InChI is InChI=1S/C11H17N3O/c1-8(7-12-3)11(15)14-10-5-4-6-13-9(10)2/h4-6,8,12H,7H2,1-3H3,(H,14,15). The zero-order valence-corrected chi connectivity index (χ0v) is 9.37. The summed E-state index contributed by atoms with van der Waals surface area (Å²) < 4.78 is 0. The third-order valence-corrected chi connectivity index (χ3v) is 2.22. The molecule has 4 heteroatoms. The first-order valence-corrected chi connectivity index (χ1v) is 5.02. The van der Waals surface area contributed by atoms with E-state index in [9.17, 15) is 4.79 Å². The Hall–Kier alpha value is -1.42. The maximum atomic E-state index is 11.7. The summed E-state index contributed by atoms with van der Waals surface area (Å²) >= 11 is 0. The Labute approximate surface area is 90.1 Å². The molecule has 0 radical (unpaired) electrons. The van der Waals surface area contributed by atoms with E-state index in [4.69, 9.17) is 0 Å². The number of aromatic nitrogens is 1. The van der Waals surface area contributed by atoms with Crippen molar-refractivity contribution in [3.05, 3.63) is 24.0 Å². The minimum atomic E-state index is -0.0467. The number of nitrogens with one attached hydrogen (secondary N) is 2. The molecule has 0 aliphatic rings. The van der Waals surface area contributed by atoms with Crippen LogP contribution in [0.2, 0.25) is 0 Å². The molecular weight excluding hydrogens is 190 g/mol. The smallest absolute Gasteiger partial charge is 0.228 e. The Bertz CT molecular complexity index is 338. The molecule has 82 valence electrons. The van der Waals surface area contributed by atoms with Crippen LogP contribution < -0.4 is 10.6 Å². The fourth-order valence-corrected chi connectivity index (χ4v) is 1.27. The van der Waals surface area contributed by atoms with Crippen LogP contribution in [0.15, 0.2) is 18.3 Å². The van der Waals surface area contributed by atoms with Crippen molar-refractivity contribution >= 4 is 11.6 Å². The summed E-state index contributed by atoms with van der Waals surface area (Å²) in [6.45, 7) is 4.43. The number of amides is 1. The molecule has 1 amide bonds. The number of nitrogens with zero attached hydrogens (tertiary/aromatic N) is 1. The summed E-state index contributed by atoms with van der Waals surface area (Å²) in [5, 5.41) is 5.83. The lowest BCUT2D eigenvalue weighted by atomic mass is 10.1. The van der Waals surface area contributed by atoms with Gasteiger partial charge in [0, 0.05) is 18.7 Å². The van der Waals surface area contributed by atoms with Crippen LogP contribution >= 0.6 is 0 Å². The highest BCUT2D eigenvalue weighted by molar-refractivity contribution is 5.92. The van der Waals surface area contributed by atoms with Crippen molar-refractivity contribution in [2.24, 2.45) is 5.92 Å². The van der Waals surface area contributed by atoms with Crippen molar-refractivity contribution in [2.45, 2.75) is 13.8 Å². The molecule has 2 N–H and O–H groups in total. The van der Waals surface area contributed by atoms with Gasteiger partial charge in [0.2, 0.25) is 5.91 Å². The van der Waals surface area contributed by atoms with E-state index in [0.29, 0.717) is 6.54 Å². The van der Waals surface area contributed by atoms with Gasteiger partial charge in [0.1, 0.15) is 0 Å². The number of rotatable bonds is 4. The van der Waals surface area contributed by atoms with E-state index in [1.54, 1.807) is 6.20 Å². The summed E-state index contributed by atoms with van der Waals surface area (Å²) in [4.78, 5) is 15.8. The quantitative estimate of drug-likeness (QED) is 0.779. The topological polar surface area (TPSA) is 54.0 Å². The molecule has 0 saturated carbocycles. The molecule has 1 heterocycles. The number of hydrogen-bond acceptors (Lipinski definition) is 3. The van der Waals surface area contributed by atoms with Crippen molar-refractivity contribution in [3.63, 3.8) is 0 Å². The van der Waals surface area contributed by atoms with E-state index in [2.05, 4.69) is 15.6 Å². The molecule has 1 aromatic heterocycles. The first-order valence-electron chi connectivity index (χ1n) is 5.02. The molecule has 1 unspecified atom stereocenters. The first-order chi connectivity index (χ1) is 7.15. The summed E-state index contributed by atoms with van der Waals surface area (Å²) in [5.41, 5.74) is 1.62. The maximum absolute atomic E-state index is 11.7. The van der Waals surface area contributed by atoms with Gasteiger partial charge in [-0.2, -0.15) is 0 Å². The van der Waals surface area contributed by atoms with Gasteiger partial charge >= 0.3 is 0 Å². The van der Waals surface area contributed by atoms with Crippen LogP contribution in [0.3, 0.4) is 0 Å². The number of pyridine rings is 1. The van der Waals surface area contributed by atoms with E-state index in [-0.39, 0.29) is 11.8 Å². The Morgan fingerprint density at radius 3 is 2.93 bits per heavy atom. The van der Waals surface area contributed by atoms with E-state index >= 15 is 0 Å². The zero-order chi connectivity index (χ0) is 11.3. The predicted molar refractivity (Wildman–Crippen MR) is 60.7 cm³/mol. The molecule has 1 rings (SSSR count). The first kappa shape index (κ1) is 11.7. The summed E-state index contributed by atoms with van der Waals surface area (Å²) in [6.07, 6.45) is 1.71. The third-order valence-electron chi connectivity index (χ3n) is 2.22. The third kappa shape index (κ3) is 3.32. The number of hydrogen-bond donors (Lipinski definition) is 2. The van der Waals surface area contributed by atoms with Gasteiger partial charge in [0.25, 0.3) is 0 Å². The van der Waals surface area contributed by atoms with Gasteiger partial charge in [-0.05, 0) is 26.1 Å². The van der Waals surface area contributed by atoms with Crippen LogP contribution in [-0.4, -0.2) is 24.5 Å². The van der Waals surface area contributed by atoms with Gasteiger partial charge in [-0.3, -0.25) is 9.78 Å². The second-order valence-electron chi connectivity index (χ2n) is 3.58. The van der Waals surface area contributed by atoms with E-state index < -0.39 is 0 Å². The molecule has 4 nitrogen and oxygen atoms in total. The highest BCUT2D eigenvalue weighted by atomic mass is 16.1. The predicted octanol–water partition coefficient (Wildman–Crippen LogP) is 1.18. The monoisotopic (exact) mass is 207 g/mol. The van der Waals surface area contributed by atoms with Gasteiger partial charge in [-0.1, -0.05) is 6.92 Å². The van der Waals surface area contributed by atoms with Crippen LogP contribution in [-0.2, 0) is 4.79 Å². The van der Waals surface area contributed by atoms with Crippen molar-refractivity contribution in [3.8, 4) is 0 Å². The molecule has 0 bridgehead atoms. The van der Waals surface area contributed by atoms with Crippen LogP contribution in [0.25, 0.3) is 0 Å². The molecule has 0 spiro atoms. The second-order valence-corrected chi connectivity index (χ2v) is 3.58. The lowest BCUT2D eigenvalue weighted by molar-refractivity contribution is -0.119. The molecule has 0 aliphatic heterocycles. The average Bonchev–Trinajstić information content (AvgIpc) is 2.21.